The molecule has 2 unspecified atom stereocenters. The van der Waals surface area contributed by atoms with Gasteiger partial charge in [-0.15, -0.1) is 0 Å². The maximum absolute atomic E-state index is 4.39. The molecule has 0 aliphatic heterocycles. The molecular formula is C13H24N4. The fourth-order valence-electron chi connectivity index (χ4n) is 2.69. The second kappa shape index (κ2) is 4.41. The first-order valence-electron chi connectivity index (χ1n) is 6.51. The van der Waals surface area contributed by atoms with Gasteiger partial charge in [-0.05, 0) is 38.6 Å². The topological polar surface area (TPSA) is 42.7 Å². The predicted octanol–water partition coefficient (Wildman–Crippen LogP) is 2.04. The standard InChI is InChI=1S/C13H24N4/c1-9(2)17-12(15-8-16-17)6-11(14-5)10-7-13(10,3)4/h8-11,14H,6-7H2,1-5H3. The summed E-state index contributed by atoms with van der Waals surface area (Å²) in [6, 6.07) is 0.906. The lowest BCUT2D eigenvalue weighted by atomic mass is 10.0. The van der Waals surface area contributed by atoms with Gasteiger partial charge in [-0.2, -0.15) is 5.10 Å². The minimum Gasteiger partial charge on any atom is -0.316 e. The van der Waals surface area contributed by atoms with Crippen LogP contribution in [0.3, 0.4) is 0 Å². The monoisotopic (exact) mass is 236 g/mol. The Morgan fingerprint density at radius 1 is 1.53 bits per heavy atom. The second-order valence-electron chi connectivity index (χ2n) is 6.11. The molecule has 4 nitrogen and oxygen atoms in total. The van der Waals surface area contributed by atoms with E-state index in [4.69, 9.17) is 0 Å². The summed E-state index contributed by atoms with van der Waals surface area (Å²) in [4.78, 5) is 4.39. The summed E-state index contributed by atoms with van der Waals surface area (Å²) < 4.78 is 2.03. The lowest BCUT2D eigenvalue weighted by Gasteiger charge is -2.18. The summed E-state index contributed by atoms with van der Waals surface area (Å²) in [5, 5.41) is 7.74. The van der Waals surface area contributed by atoms with Crippen LogP contribution in [0.1, 0.15) is 46.0 Å². The molecule has 1 aromatic rings. The van der Waals surface area contributed by atoms with Gasteiger partial charge in [-0.3, -0.25) is 0 Å². The number of nitrogens with one attached hydrogen (secondary N) is 1. The van der Waals surface area contributed by atoms with E-state index in [1.54, 1.807) is 6.33 Å². The Balaban J connectivity index is 2.06. The number of likely N-dealkylation sites (N-methyl/N-ethyl adjacent to an activating group) is 1. The summed E-state index contributed by atoms with van der Waals surface area (Å²) in [7, 11) is 2.05. The quantitative estimate of drug-likeness (QED) is 0.850. The Morgan fingerprint density at radius 2 is 2.18 bits per heavy atom. The first-order chi connectivity index (χ1) is 7.95. The molecule has 1 aromatic heterocycles. The van der Waals surface area contributed by atoms with E-state index in [0.29, 0.717) is 17.5 Å². The first-order valence-corrected chi connectivity index (χ1v) is 6.51. The predicted molar refractivity (Wildman–Crippen MR) is 68.8 cm³/mol. The number of nitrogens with zero attached hydrogens (tertiary/aromatic N) is 3. The first kappa shape index (κ1) is 12.6. The Morgan fingerprint density at radius 3 is 2.65 bits per heavy atom. The molecule has 0 radical (unpaired) electrons. The molecule has 1 N–H and O–H groups in total. The minimum absolute atomic E-state index is 0.386. The molecule has 96 valence electrons. The second-order valence-corrected chi connectivity index (χ2v) is 6.11. The highest BCUT2D eigenvalue weighted by Crippen LogP contribution is 2.53. The molecule has 0 amide bonds. The molecular weight excluding hydrogens is 212 g/mol. The zero-order chi connectivity index (χ0) is 12.6. The maximum atomic E-state index is 4.39. The Bertz CT molecular complexity index is 381. The van der Waals surface area contributed by atoms with Gasteiger partial charge in [0.15, 0.2) is 0 Å². The average molecular weight is 236 g/mol. The van der Waals surface area contributed by atoms with Gasteiger partial charge in [0, 0.05) is 18.5 Å². The molecule has 4 heteroatoms. The van der Waals surface area contributed by atoms with E-state index in [9.17, 15) is 0 Å². The molecule has 2 atom stereocenters. The largest absolute Gasteiger partial charge is 0.316 e. The molecule has 1 fully saturated rings. The highest BCUT2D eigenvalue weighted by atomic mass is 15.3. The molecule has 0 bridgehead atoms. The van der Waals surface area contributed by atoms with Crippen LogP contribution >= 0.6 is 0 Å². The summed E-state index contributed by atoms with van der Waals surface area (Å²) in [6.07, 6.45) is 3.96. The molecule has 0 aromatic carbocycles. The van der Waals surface area contributed by atoms with Crippen LogP contribution in [0.4, 0.5) is 0 Å². The van der Waals surface area contributed by atoms with Gasteiger partial charge in [-0.1, -0.05) is 13.8 Å². The van der Waals surface area contributed by atoms with Crippen molar-refractivity contribution in [2.75, 3.05) is 7.05 Å². The van der Waals surface area contributed by atoms with Crippen molar-refractivity contribution in [1.29, 1.82) is 0 Å². The van der Waals surface area contributed by atoms with Gasteiger partial charge in [0.05, 0.1) is 0 Å². The van der Waals surface area contributed by atoms with E-state index in [2.05, 4.69) is 50.1 Å². The molecule has 0 saturated heterocycles. The van der Waals surface area contributed by atoms with Crippen LogP contribution in [0.15, 0.2) is 6.33 Å². The van der Waals surface area contributed by atoms with Crippen molar-refractivity contribution >= 4 is 0 Å². The highest BCUT2D eigenvalue weighted by Gasteiger charge is 2.49. The minimum atomic E-state index is 0.386. The molecule has 1 aliphatic carbocycles. The van der Waals surface area contributed by atoms with E-state index in [-0.39, 0.29) is 0 Å². The molecule has 1 saturated carbocycles. The number of hydrogen-bond acceptors (Lipinski definition) is 3. The van der Waals surface area contributed by atoms with E-state index in [1.165, 1.54) is 6.42 Å². The van der Waals surface area contributed by atoms with Crippen molar-refractivity contribution in [3.8, 4) is 0 Å². The fourth-order valence-corrected chi connectivity index (χ4v) is 2.69. The number of aromatic nitrogens is 3. The van der Waals surface area contributed by atoms with Crippen LogP contribution in [0, 0.1) is 11.3 Å². The third kappa shape index (κ3) is 2.51. The Labute approximate surface area is 104 Å². The molecule has 17 heavy (non-hydrogen) atoms. The summed E-state index contributed by atoms with van der Waals surface area (Å²) in [5.74, 6) is 1.87. The SMILES string of the molecule is CNC(Cc1ncnn1C(C)C)C1CC1(C)C. The van der Waals surface area contributed by atoms with Gasteiger partial charge in [0.25, 0.3) is 0 Å². The maximum Gasteiger partial charge on any atom is 0.138 e. The van der Waals surface area contributed by atoms with Crippen molar-refractivity contribution in [1.82, 2.24) is 20.1 Å². The average Bonchev–Trinajstić information content (AvgIpc) is 2.72. The van der Waals surface area contributed by atoms with Gasteiger partial charge < -0.3 is 5.32 Å². The Hall–Kier alpha value is -0.900. The summed E-state index contributed by atoms with van der Waals surface area (Å²) in [6.45, 7) is 8.98. The van der Waals surface area contributed by atoms with Crippen molar-refractivity contribution in [2.45, 2.75) is 52.6 Å². The van der Waals surface area contributed by atoms with Gasteiger partial charge in [0.2, 0.25) is 0 Å². The van der Waals surface area contributed by atoms with Crippen molar-refractivity contribution in [3.05, 3.63) is 12.2 Å². The van der Waals surface area contributed by atoms with Crippen molar-refractivity contribution in [3.63, 3.8) is 0 Å². The van der Waals surface area contributed by atoms with E-state index < -0.39 is 0 Å². The molecule has 1 aliphatic rings. The molecule has 2 rings (SSSR count). The van der Waals surface area contributed by atoms with E-state index in [1.807, 2.05) is 4.68 Å². The van der Waals surface area contributed by atoms with Crippen LogP contribution in [-0.2, 0) is 6.42 Å². The molecule has 1 heterocycles. The van der Waals surface area contributed by atoms with Crippen LogP contribution in [0.25, 0.3) is 0 Å². The van der Waals surface area contributed by atoms with Crippen molar-refractivity contribution < 1.29 is 0 Å². The Kier molecular flexibility index (Phi) is 3.25. The van der Waals surface area contributed by atoms with Gasteiger partial charge in [-0.25, -0.2) is 9.67 Å². The smallest absolute Gasteiger partial charge is 0.138 e. The van der Waals surface area contributed by atoms with Crippen LogP contribution < -0.4 is 5.32 Å². The third-order valence-corrected chi connectivity index (χ3v) is 3.99. The zero-order valence-electron chi connectivity index (χ0n) is 11.6. The van der Waals surface area contributed by atoms with Gasteiger partial charge in [0.1, 0.15) is 12.2 Å². The fraction of sp³-hybridized carbons (Fsp3) is 0.846. The molecule has 0 spiro atoms. The van der Waals surface area contributed by atoms with Crippen molar-refractivity contribution in [2.24, 2.45) is 11.3 Å². The zero-order valence-corrected chi connectivity index (χ0v) is 11.6. The summed E-state index contributed by atoms with van der Waals surface area (Å²) >= 11 is 0. The van der Waals surface area contributed by atoms with Crippen LogP contribution in [-0.4, -0.2) is 27.9 Å². The van der Waals surface area contributed by atoms with Gasteiger partial charge >= 0.3 is 0 Å². The third-order valence-electron chi connectivity index (χ3n) is 3.99. The number of rotatable bonds is 5. The summed E-state index contributed by atoms with van der Waals surface area (Å²) in [5.41, 5.74) is 0.496. The lowest BCUT2D eigenvalue weighted by Crippen LogP contribution is -2.32. The highest BCUT2D eigenvalue weighted by molar-refractivity contribution is 5.05. The van der Waals surface area contributed by atoms with E-state index in [0.717, 1.165) is 18.2 Å². The van der Waals surface area contributed by atoms with Crippen LogP contribution in [0.2, 0.25) is 0 Å². The van der Waals surface area contributed by atoms with E-state index >= 15 is 0 Å². The number of hydrogen-bond donors (Lipinski definition) is 1. The normalized spacial score (nSPS) is 24.0. The lowest BCUT2D eigenvalue weighted by molar-refractivity contribution is 0.403. The van der Waals surface area contributed by atoms with Crippen LogP contribution in [0.5, 0.6) is 0 Å².